The number of likely N-dealkylation sites (tertiary alicyclic amines) is 1. The van der Waals surface area contributed by atoms with Gasteiger partial charge in [0, 0.05) is 31.5 Å². The van der Waals surface area contributed by atoms with E-state index in [0.717, 1.165) is 13.1 Å². The van der Waals surface area contributed by atoms with Gasteiger partial charge < -0.3 is 14.0 Å². The Labute approximate surface area is 143 Å². The number of hydrogen-bond donors (Lipinski definition) is 0. The zero-order chi connectivity index (χ0) is 16.9. The molecule has 0 amide bonds. The lowest BCUT2D eigenvalue weighted by Crippen LogP contribution is -2.29. The Kier molecular flexibility index (Phi) is 5.07. The lowest BCUT2D eigenvalue weighted by Gasteiger charge is -2.25. The van der Waals surface area contributed by atoms with Crippen LogP contribution in [0.15, 0.2) is 36.5 Å². The van der Waals surface area contributed by atoms with E-state index >= 15 is 0 Å². The molecule has 1 aromatic carbocycles. The summed E-state index contributed by atoms with van der Waals surface area (Å²) < 4.78 is 13.4. The molecule has 0 N–H and O–H groups in total. The average Bonchev–Trinajstić information content (AvgIpc) is 3.23. The first-order valence-electron chi connectivity index (χ1n) is 8.29. The summed E-state index contributed by atoms with van der Waals surface area (Å²) in [7, 11) is 3.69. The fraction of sp³-hybridized carbons (Fsp3) is 0.421. The number of nitrogens with zero attached hydrogens (tertiary/aromatic N) is 3. The normalized spacial score (nSPS) is 17.6. The summed E-state index contributed by atoms with van der Waals surface area (Å²) in [5.41, 5.74) is 1.94. The number of benzene rings is 1. The molecule has 2 aromatic rings. The molecule has 0 radical (unpaired) electrons. The molecule has 0 saturated carbocycles. The standard InChI is InChI=1S/C19H23N3O2/c1-21-9-3-5-16(21)17-6-4-10-22(17)11-12-24-18-8-7-15(14-20)13-19(18)23-2/h3,5,7-9,13,17H,4,6,10-12H2,1-2H3/t17-/m0/s1. The van der Waals surface area contributed by atoms with E-state index in [4.69, 9.17) is 14.7 Å². The molecule has 1 aromatic heterocycles. The topological polar surface area (TPSA) is 50.4 Å². The van der Waals surface area contributed by atoms with Crippen molar-refractivity contribution in [3.63, 3.8) is 0 Å². The third kappa shape index (κ3) is 3.39. The van der Waals surface area contributed by atoms with Crippen LogP contribution in [0, 0.1) is 11.3 Å². The van der Waals surface area contributed by atoms with Crippen molar-refractivity contribution in [2.75, 3.05) is 26.8 Å². The minimum absolute atomic E-state index is 0.469. The molecule has 1 saturated heterocycles. The van der Waals surface area contributed by atoms with E-state index in [1.807, 2.05) is 0 Å². The van der Waals surface area contributed by atoms with Gasteiger partial charge in [-0.15, -0.1) is 0 Å². The highest BCUT2D eigenvalue weighted by Gasteiger charge is 2.27. The number of aryl methyl sites for hydroxylation is 1. The lowest BCUT2D eigenvalue weighted by atomic mass is 10.1. The van der Waals surface area contributed by atoms with E-state index in [-0.39, 0.29) is 0 Å². The van der Waals surface area contributed by atoms with Crippen molar-refractivity contribution in [3.8, 4) is 17.6 Å². The van der Waals surface area contributed by atoms with Crippen molar-refractivity contribution < 1.29 is 9.47 Å². The molecule has 5 nitrogen and oxygen atoms in total. The second-order valence-electron chi connectivity index (χ2n) is 6.06. The molecule has 0 unspecified atom stereocenters. The average molecular weight is 325 g/mol. The van der Waals surface area contributed by atoms with Gasteiger partial charge in [0.15, 0.2) is 11.5 Å². The van der Waals surface area contributed by atoms with E-state index in [9.17, 15) is 0 Å². The van der Waals surface area contributed by atoms with Gasteiger partial charge >= 0.3 is 0 Å². The Balaban J connectivity index is 1.60. The Bertz CT molecular complexity index is 732. The Morgan fingerprint density at radius 3 is 2.88 bits per heavy atom. The van der Waals surface area contributed by atoms with Gasteiger partial charge in [0.2, 0.25) is 0 Å². The van der Waals surface area contributed by atoms with Gasteiger partial charge in [0.1, 0.15) is 6.61 Å². The molecule has 24 heavy (non-hydrogen) atoms. The van der Waals surface area contributed by atoms with E-state index in [2.05, 4.69) is 40.9 Å². The summed E-state index contributed by atoms with van der Waals surface area (Å²) in [5, 5.41) is 8.96. The van der Waals surface area contributed by atoms with Crippen molar-refractivity contribution in [1.82, 2.24) is 9.47 Å². The van der Waals surface area contributed by atoms with Gasteiger partial charge in [-0.25, -0.2) is 0 Å². The van der Waals surface area contributed by atoms with E-state index in [0.29, 0.717) is 29.7 Å². The van der Waals surface area contributed by atoms with Crippen LogP contribution in [-0.4, -0.2) is 36.3 Å². The molecule has 1 aliphatic heterocycles. The first kappa shape index (κ1) is 16.4. The third-order valence-electron chi connectivity index (χ3n) is 4.62. The highest BCUT2D eigenvalue weighted by Crippen LogP contribution is 2.32. The molecule has 5 heteroatoms. The number of rotatable bonds is 6. The zero-order valence-electron chi connectivity index (χ0n) is 14.2. The number of nitriles is 1. The van der Waals surface area contributed by atoms with Gasteiger partial charge in [0.25, 0.3) is 0 Å². The largest absolute Gasteiger partial charge is 0.493 e. The molecule has 126 valence electrons. The fourth-order valence-corrected chi connectivity index (χ4v) is 3.38. The second-order valence-corrected chi connectivity index (χ2v) is 6.06. The van der Waals surface area contributed by atoms with Gasteiger partial charge in [-0.2, -0.15) is 5.26 Å². The quantitative estimate of drug-likeness (QED) is 0.819. The molecule has 0 aliphatic carbocycles. The second kappa shape index (κ2) is 7.41. The summed E-state index contributed by atoms with van der Waals surface area (Å²) >= 11 is 0. The maximum atomic E-state index is 8.96. The van der Waals surface area contributed by atoms with Crippen LogP contribution in [0.3, 0.4) is 0 Å². The van der Waals surface area contributed by atoms with Crippen LogP contribution >= 0.6 is 0 Å². The predicted molar refractivity (Wildman–Crippen MR) is 92.2 cm³/mol. The van der Waals surface area contributed by atoms with Crippen molar-refractivity contribution in [3.05, 3.63) is 47.8 Å². The molecule has 3 rings (SSSR count). The first-order chi connectivity index (χ1) is 11.7. The smallest absolute Gasteiger partial charge is 0.162 e. The van der Waals surface area contributed by atoms with Crippen molar-refractivity contribution in [2.45, 2.75) is 18.9 Å². The number of methoxy groups -OCH3 is 1. The van der Waals surface area contributed by atoms with E-state index in [1.165, 1.54) is 18.5 Å². The maximum Gasteiger partial charge on any atom is 0.162 e. The third-order valence-corrected chi connectivity index (χ3v) is 4.62. The zero-order valence-corrected chi connectivity index (χ0v) is 14.2. The maximum absolute atomic E-state index is 8.96. The Hall–Kier alpha value is -2.45. The SMILES string of the molecule is COc1cc(C#N)ccc1OCCN1CCC[C@H]1c1cccn1C. The Morgan fingerprint density at radius 1 is 1.29 bits per heavy atom. The van der Waals surface area contributed by atoms with Crippen LogP contribution in [0.5, 0.6) is 11.5 Å². The van der Waals surface area contributed by atoms with Crippen LogP contribution in [0.4, 0.5) is 0 Å². The number of ether oxygens (including phenoxy) is 2. The van der Waals surface area contributed by atoms with Gasteiger partial charge in [-0.1, -0.05) is 0 Å². The molecule has 0 bridgehead atoms. The van der Waals surface area contributed by atoms with Gasteiger partial charge in [-0.05, 0) is 43.7 Å². The van der Waals surface area contributed by atoms with Gasteiger partial charge in [-0.3, -0.25) is 4.90 Å². The van der Waals surface area contributed by atoms with E-state index < -0.39 is 0 Å². The van der Waals surface area contributed by atoms with Crippen molar-refractivity contribution >= 4 is 0 Å². The molecule has 1 aliphatic rings. The number of aromatic nitrogens is 1. The Morgan fingerprint density at radius 2 is 2.17 bits per heavy atom. The minimum atomic E-state index is 0.469. The van der Waals surface area contributed by atoms with Crippen LogP contribution in [0.2, 0.25) is 0 Å². The first-order valence-corrected chi connectivity index (χ1v) is 8.29. The van der Waals surface area contributed by atoms with Crippen LogP contribution in [0.25, 0.3) is 0 Å². The van der Waals surface area contributed by atoms with Crippen molar-refractivity contribution in [2.24, 2.45) is 7.05 Å². The van der Waals surface area contributed by atoms with Crippen LogP contribution < -0.4 is 9.47 Å². The molecule has 1 atom stereocenters. The van der Waals surface area contributed by atoms with E-state index in [1.54, 1.807) is 25.3 Å². The molecular formula is C19H23N3O2. The number of hydrogen-bond acceptors (Lipinski definition) is 4. The summed E-state index contributed by atoms with van der Waals surface area (Å²) in [6, 6.07) is 12.1. The molecular weight excluding hydrogens is 302 g/mol. The van der Waals surface area contributed by atoms with Crippen LogP contribution in [-0.2, 0) is 7.05 Å². The summed E-state index contributed by atoms with van der Waals surface area (Å²) in [5.74, 6) is 1.29. The molecule has 0 spiro atoms. The fourth-order valence-electron chi connectivity index (χ4n) is 3.38. The molecule has 1 fully saturated rings. The lowest BCUT2D eigenvalue weighted by molar-refractivity contribution is 0.190. The van der Waals surface area contributed by atoms with Gasteiger partial charge in [0.05, 0.1) is 24.8 Å². The summed E-state index contributed by atoms with van der Waals surface area (Å²) in [6.45, 7) is 2.58. The summed E-state index contributed by atoms with van der Waals surface area (Å²) in [6.07, 6.45) is 4.51. The van der Waals surface area contributed by atoms with Crippen molar-refractivity contribution in [1.29, 1.82) is 5.26 Å². The predicted octanol–water partition coefficient (Wildman–Crippen LogP) is 3.12. The minimum Gasteiger partial charge on any atom is -0.493 e. The highest BCUT2D eigenvalue weighted by atomic mass is 16.5. The molecule has 2 heterocycles. The van der Waals surface area contributed by atoms with Crippen LogP contribution in [0.1, 0.15) is 30.1 Å². The summed E-state index contributed by atoms with van der Waals surface area (Å²) in [4.78, 5) is 2.48. The highest BCUT2D eigenvalue weighted by molar-refractivity contribution is 5.46. The monoisotopic (exact) mass is 325 g/mol.